The Morgan fingerprint density at radius 1 is 1.79 bits per heavy atom. The van der Waals surface area contributed by atoms with E-state index in [-0.39, 0.29) is 5.91 Å². The third kappa shape index (κ3) is 1.77. The lowest BCUT2D eigenvalue weighted by molar-refractivity contribution is 0.0934. The van der Waals surface area contributed by atoms with E-state index < -0.39 is 0 Å². The third-order valence-electron chi connectivity index (χ3n) is 2.47. The summed E-state index contributed by atoms with van der Waals surface area (Å²) in [6.45, 7) is 2.76. The smallest absolute Gasteiger partial charge is 0.269 e. The number of carbonyl (C=O) groups excluding carboxylic acids is 1. The Hall–Kier alpha value is -1.36. The lowest BCUT2D eigenvalue weighted by Crippen LogP contribution is -2.48. The first-order valence-electron chi connectivity index (χ1n) is 4.72. The molecule has 2 heterocycles. The molecule has 0 radical (unpaired) electrons. The normalized spacial score (nSPS) is 16.4. The minimum absolute atomic E-state index is 0.0445. The minimum Gasteiger partial charge on any atom is -0.350 e. The molecule has 2 rings (SSSR count). The van der Waals surface area contributed by atoms with Crippen LogP contribution in [0.15, 0.2) is 12.5 Å². The molecule has 0 unspecified atom stereocenters. The molecule has 1 saturated heterocycles. The van der Waals surface area contributed by atoms with Crippen molar-refractivity contribution in [1.29, 1.82) is 0 Å². The molecule has 1 aromatic heterocycles. The first-order chi connectivity index (χ1) is 6.77. The van der Waals surface area contributed by atoms with E-state index >= 15 is 0 Å². The predicted octanol–water partition coefficient (Wildman–Crippen LogP) is -0.631. The maximum Gasteiger partial charge on any atom is 0.269 e. The van der Waals surface area contributed by atoms with E-state index in [4.69, 9.17) is 0 Å². The van der Waals surface area contributed by atoms with Crippen LogP contribution in [0.2, 0.25) is 0 Å². The molecule has 1 aliphatic rings. The van der Waals surface area contributed by atoms with Crippen molar-refractivity contribution in [3.8, 4) is 0 Å². The van der Waals surface area contributed by atoms with Crippen LogP contribution < -0.4 is 10.6 Å². The molecule has 0 spiro atoms. The van der Waals surface area contributed by atoms with Gasteiger partial charge in [-0.3, -0.25) is 4.79 Å². The van der Waals surface area contributed by atoms with Crippen molar-refractivity contribution in [1.82, 2.24) is 20.2 Å². The van der Waals surface area contributed by atoms with Crippen molar-refractivity contribution in [3.05, 3.63) is 18.2 Å². The first-order valence-corrected chi connectivity index (χ1v) is 4.72. The molecule has 5 heteroatoms. The van der Waals surface area contributed by atoms with Gasteiger partial charge in [-0.25, -0.2) is 4.98 Å². The van der Waals surface area contributed by atoms with Gasteiger partial charge in [0.15, 0.2) is 0 Å². The summed E-state index contributed by atoms with van der Waals surface area (Å²) in [6, 6.07) is 0. The molecule has 76 valence electrons. The molecule has 0 saturated carbocycles. The number of hydrogen-bond donors (Lipinski definition) is 2. The van der Waals surface area contributed by atoms with Gasteiger partial charge in [0.2, 0.25) is 0 Å². The molecule has 2 N–H and O–H groups in total. The van der Waals surface area contributed by atoms with Gasteiger partial charge < -0.3 is 15.2 Å². The van der Waals surface area contributed by atoms with Gasteiger partial charge in [0.05, 0.1) is 12.5 Å². The summed E-state index contributed by atoms with van der Waals surface area (Å²) in [5.41, 5.74) is 0.609. The molecule has 1 amide bonds. The van der Waals surface area contributed by atoms with E-state index in [1.54, 1.807) is 17.1 Å². The minimum atomic E-state index is -0.0445. The van der Waals surface area contributed by atoms with Crippen LogP contribution in [0.3, 0.4) is 0 Å². The lowest BCUT2D eigenvalue weighted by Gasteiger charge is -2.26. The van der Waals surface area contributed by atoms with Gasteiger partial charge >= 0.3 is 0 Å². The molecular weight excluding hydrogens is 180 g/mol. The molecule has 1 aliphatic heterocycles. The largest absolute Gasteiger partial charge is 0.350 e. The second-order valence-electron chi connectivity index (χ2n) is 3.62. The molecule has 0 bridgehead atoms. The van der Waals surface area contributed by atoms with Gasteiger partial charge in [-0.1, -0.05) is 0 Å². The molecule has 5 nitrogen and oxygen atoms in total. The summed E-state index contributed by atoms with van der Waals surface area (Å²) in [4.78, 5) is 15.5. The number of nitrogens with one attached hydrogen (secondary N) is 2. The van der Waals surface area contributed by atoms with E-state index in [1.165, 1.54) is 0 Å². The van der Waals surface area contributed by atoms with Gasteiger partial charge in [-0.05, 0) is 0 Å². The van der Waals surface area contributed by atoms with Crippen LogP contribution in [-0.2, 0) is 7.05 Å². The van der Waals surface area contributed by atoms with Crippen LogP contribution in [0.1, 0.15) is 10.5 Å². The van der Waals surface area contributed by atoms with Crippen LogP contribution in [0, 0.1) is 5.92 Å². The molecule has 0 aliphatic carbocycles. The second kappa shape index (κ2) is 3.79. The molecule has 1 fully saturated rings. The van der Waals surface area contributed by atoms with Crippen LogP contribution in [0.4, 0.5) is 0 Å². The van der Waals surface area contributed by atoms with Crippen molar-refractivity contribution in [2.75, 3.05) is 19.6 Å². The highest BCUT2D eigenvalue weighted by Crippen LogP contribution is 2.01. The van der Waals surface area contributed by atoms with Crippen molar-refractivity contribution in [2.24, 2.45) is 13.0 Å². The summed E-state index contributed by atoms with van der Waals surface area (Å²) in [6.07, 6.45) is 3.20. The number of amides is 1. The van der Waals surface area contributed by atoms with Crippen LogP contribution >= 0.6 is 0 Å². The SMILES string of the molecule is Cn1cncc1C(=O)NCC1CNC1. The van der Waals surface area contributed by atoms with Crippen molar-refractivity contribution in [2.45, 2.75) is 0 Å². The van der Waals surface area contributed by atoms with Crippen LogP contribution in [-0.4, -0.2) is 35.1 Å². The fraction of sp³-hybridized carbons (Fsp3) is 0.556. The number of aryl methyl sites for hydroxylation is 1. The van der Waals surface area contributed by atoms with Gasteiger partial charge in [0, 0.05) is 32.6 Å². The summed E-state index contributed by atoms with van der Waals surface area (Å²) in [5, 5.41) is 6.05. The molecule has 1 aromatic rings. The van der Waals surface area contributed by atoms with Gasteiger partial charge in [0.25, 0.3) is 5.91 Å². The summed E-state index contributed by atoms with van der Waals surface area (Å²) < 4.78 is 1.72. The fourth-order valence-electron chi connectivity index (χ4n) is 1.40. The Bertz CT molecular complexity index is 329. The first kappa shape index (κ1) is 9.21. The third-order valence-corrected chi connectivity index (χ3v) is 2.47. The molecule has 0 aromatic carbocycles. The Morgan fingerprint density at radius 2 is 2.57 bits per heavy atom. The van der Waals surface area contributed by atoms with Crippen molar-refractivity contribution < 1.29 is 4.79 Å². The zero-order chi connectivity index (χ0) is 9.97. The van der Waals surface area contributed by atoms with E-state index in [0.717, 1.165) is 19.6 Å². The highest BCUT2D eigenvalue weighted by molar-refractivity contribution is 5.92. The average molecular weight is 194 g/mol. The Balaban J connectivity index is 1.86. The Labute approximate surface area is 82.5 Å². The van der Waals surface area contributed by atoms with Crippen LogP contribution in [0.5, 0.6) is 0 Å². The summed E-state index contributed by atoms with van der Waals surface area (Å²) >= 11 is 0. The number of aromatic nitrogens is 2. The number of hydrogen-bond acceptors (Lipinski definition) is 3. The Kier molecular flexibility index (Phi) is 2.49. The number of imidazole rings is 1. The summed E-state index contributed by atoms with van der Waals surface area (Å²) in [5.74, 6) is 0.545. The summed E-state index contributed by atoms with van der Waals surface area (Å²) in [7, 11) is 1.81. The van der Waals surface area contributed by atoms with Crippen molar-refractivity contribution in [3.63, 3.8) is 0 Å². The lowest BCUT2D eigenvalue weighted by atomic mass is 10.0. The predicted molar refractivity (Wildman–Crippen MR) is 51.9 cm³/mol. The quantitative estimate of drug-likeness (QED) is 0.673. The second-order valence-corrected chi connectivity index (χ2v) is 3.62. The van der Waals surface area contributed by atoms with E-state index in [2.05, 4.69) is 15.6 Å². The number of nitrogens with zero attached hydrogens (tertiary/aromatic N) is 2. The van der Waals surface area contributed by atoms with E-state index in [1.807, 2.05) is 7.05 Å². The molecule has 14 heavy (non-hydrogen) atoms. The highest BCUT2D eigenvalue weighted by Gasteiger charge is 2.18. The molecule has 0 atom stereocenters. The maximum atomic E-state index is 11.6. The standard InChI is InChI=1S/C9H14N4O/c1-13-6-11-5-8(13)9(14)12-4-7-2-10-3-7/h5-7,10H,2-4H2,1H3,(H,12,14). The fourth-order valence-corrected chi connectivity index (χ4v) is 1.40. The Morgan fingerprint density at radius 3 is 3.07 bits per heavy atom. The van der Waals surface area contributed by atoms with Gasteiger partial charge in [-0.2, -0.15) is 0 Å². The maximum absolute atomic E-state index is 11.6. The van der Waals surface area contributed by atoms with Gasteiger partial charge in [-0.15, -0.1) is 0 Å². The average Bonchev–Trinajstić information content (AvgIpc) is 2.48. The highest BCUT2D eigenvalue weighted by atomic mass is 16.1. The van der Waals surface area contributed by atoms with E-state index in [9.17, 15) is 4.79 Å². The zero-order valence-electron chi connectivity index (χ0n) is 8.16. The van der Waals surface area contributed by atoms with Crippen molar-refractivity contribution >= 4 is 5.91 Å². The van der Waals surface area contributed by atoms with Crippen LogP contribution in [0.25, 0.3) is 0 Å². The number of rotatable bonds is 3. The zero-order valence-corrected chi connectivity index (χ0v) is 8.16. The van der Waals surface area contributed by atoms with Gasteiger partial charge in [0.1, 0.15) is 5.69 Å². The number of carbonyl (C=O) groups is 1. The van der Waals surface area contributed by atoms with E-state index in [0.29, 0.717) is 11.6 Å². The topological polar surface area (TPSA) is 59.0 Å². The molecular formula is C9H14N4O. The monoisotopic (exact) mass is 194 g/mol.